The molecular weight excluding hydrogens is 244 g/mol. The van der Waals surface area contributed by atoms with Crippen molar-refractivity contribution in [1.29, 1.82) is 0 Å². The summed E-state index contributed by atoms with van der Waals surface area (Å²) in [5.74, 6) is 6.19. The predicted molar refractivity (Wildman–Crippen MR) is 67.7 cm³/mol. The van der Waals surface area contributed by atoms with Crippen LogP contribution in [-0.4, -0.2) is 13.2 Å². The van der Waals surface area contributed by atoms with E-state index in [-0.39, 0.29) is 6.04 Å². The molecule has 0 bridgehead atoms. The Balaban J connectivity index is 2.18. The van der Waals surface area contributed by atoms with Crippen molar-refractivity contribution in [2.45, 2.75) is 25.8 Å². The van der Waals surface area contributed by atoms with Crippen molar-refractivity contribution in [3.05, 3.63) is 20.8 Å². The predicted octanol–water partition coefficient (Wildman–Crippen LogP) is 2.64. The van der Waals surface area contributed by atoms with E-state index in [2.05, 4.69) is 10.8 Å². The van der Waals surface area contributed by atoms with Crippen molar-refractivity contribution < 1.29 is 4.74 Å². The Bertz CT molecular complexity index is 350. The molecule has 0 spiro atoms. The van der Waals surface area contributed by atoms with Gasteiger partial charge in [0, 0.05) is 18.1 Å². The van der Waals surface area contributed by atoms with Gasteiger partial charge in [0.05, 0.1) is 11.1 Å². The van der Waals surface area contributed by atoms with Crippen molar-refractivity contribution in [2.24, 2.45) is 11.8 Å². The number of ether oxygens (including phenoxy) is 1. The zero-order valence-electron chi connectivity index (χ0n) is 9.33. The first-order chi connectivity index (χ1) is 7.74. The van der Waals surface area contributed by atoms with Gasteiger partial charge in [0.15, 0.2) is 0 Å². The summed E-state index contributed by atoms with van der Waals surface area (Å²) in [6, 6.07) is 0.162. The maximum Gasteiger partial charge on any atom is 0.0598 e. The van der Waals surface area contributed by atoms with Crippen LogP contribution in [0, 0.1) is 12.8 Å². The lowest BCUT2D eigenvalue weighted by molar-refractivity contribution is 0.0541. The Hall–Kier alpha value is -0.130. The fourth-order valence-corrected chi connectivity index (χ4v) is 3.60. The van der Waals surface area contributed by atoms with Crippen molar-refractivity contribution in [3.8, 4) is 0 Å². The van der Waals surface area contributed by atoms with Gasteiger partial charge in [-0.25, -0.2) is 0 Å². The van der Waals surface area contributed by atoms with E-state index in [1.807, 2.05) is 6.92 Å². The number of aryl methyl sites for hydroxylation is 1. The second-order valence-corrected chi connectivity index (χ2v) is 5.48. The second kappa shape index (κ2) is 5.47. The number of halogens is 1. The molecule has 0 radical (unpaired) electrons. The third kappa shape index (κ3) is 2.41. The fraction of sp³-hybridized carbons (Fsp3) is 0.636. The second-order valence-electron chi connectivity index (χ2n) is 4.19. The van der Waals surface area contributed by atoms with E-state index in [4.69, 9.17) is 22.2 Å². The molecule has 1 fully saturated rings. The topological polar surface area (TPSA) is 47.3 Å². The molecule has 1 aliphatic heterocycles. The minimum atomic E-state index is 0.162. The quantitative estimate of drug-likeness (QED) is 0.649. The molecule has 5 heteroatoms. The van der Waals surface area contributed by atoms with E-state index in [9.17, 15) is 0 Å². The molecule has 3 nitrogen and oxygen atoms in total. The minimum Gasteiger partial charge on any atom is -0.381 e. The number of nitrogens with one attached hydrogen (secondary N) is 1. The zero-order chi connectivity index (χ0) is 11.5. The van der Waals surface area contributed by atoms with E-state index in [0.717, 1.165) is 41.5 Å². The summed E-state index contributed by atoms with van der Waals surface area (Å²) >= 11 is 7.97. The Morgan fingerprint density at radius 2 is 2.25 bits per heavy atom. The molecule has 1 aromatic rings. The van der Waals surface area contributed by atoms with Gasteiger partial charge < -0.3 is 4.74 Å². The van der Waals surface area contributed by atoms with Crippen molar-refractivity contribution in [1.82, 2.24) is 5.43 Å². The molecule has 0 aromatic carbocycles. The maximum atomic E-state index is 6.29. The van der Waals surface area contributed by atoms with Crippen molar-refractivity contribution in [2.75, 3.05) is 13.2 Å². The summed E-state index contributed by atoms with van der Waals surface area (Å²) in [6.07, 6.45) is 2.09. The van der Waals surface area contributed by atoms with Gasteiger partial charge in [-0.2, -0.15) is 0 Å². The highest BCUT2D eigenvalue weighted by Crippen LogP contribution is 2.38. The Kier molecular flexibility index (Phi) is 4.21. The molecule has 0 aliphatic carbocycles. The van der Waals surface area contributed by atoms with E-state index < -0.39 is 0 Å². The molecule has 1 aromatic heterocycles. The normalized spacial score (nSPS) is 19.9. The third-order valence-electron chi connectivity index (χ3n) is 3.12. The van der Waals surface area contributed by atoms with Crippen LogP contribution >= 0.6 is 22.9 Å². The molecule has 3 N–H and O–H groups in total. The van der Waals surface area contributed by atoms with Gasteiger partial charge in [-0.15, -0.1) is 11.3 Å². The van der Waals surface area contributed by atoms with Gasteiger partial charge in [-0.1, -0.05) is 11.6 Å². The van der Waals surface area contributed by atoms with Crippen molar-refractivity contribution in [3.63, 3.8) is 0 Å². The number of nitrogens with two attached hydrogens (primary N) is 1. The number of hydrogen-bond acceptors (Lipinski definition) is 4. The molecule has 1 unspecified atom stereocenters. The van der Waals surface area contributed by atoms with Crippen LogP contribution in [0.2, 0.25) is 5.02 Å². The standard InChI is InChI=1S/C11H17ClN2OS/c1-7-6-16-11(9(7)12)10(14-13)8-2-4-15-5-3-8/h6,8,10,14H,2-5,13H2,1H3. The first-order valence-corrected chi connectivity index (χ1v) is 6.77. The molecule has 2 heterocycles. The molecular formula is C11H17ClN2OS. The van der Waals surface area contributed by atoms with Gasteiger partial charge in [-0.3, -0.25) is 11.3 Å². The maximum absolute atomic E-state index is 6.29. The molecule has 16 heavy (non-hydrogen) atoms. The average molecular weight is 261 g/mol. The molecule has 90 valence electrons. The SMILES string of the molecule is Cc1csc(C(NN)C2CCOCC2)c1Cl. The summed E-state index contributed by atoms with van der Waals surface area (Å²) in [4.78, 5) is 1.16. The van der Waals surface area contributed by atoms with Gasteiger partial charge >= 0.3 is 0 Å². The summed E-state index contributed by atoms with van der Waals surface area (Å²) in [5, 5.41) is 2.95. The van der Waals surface area contributed by atoms with Crippen LogP contribution in [0.25, 0.3) is 0 Å². The first-order valence-electron chi connectivity index (χ1n) is 5.51. The summed E-state index contributed by atoms with van der Waals surface area (Å²) < 4.78 is 5.37. The van der Waals surface area contributed by atoms with Crippen LogP contribution in [-0.2, 0) is 4.74 Å². The molecule has 0 amide bonds. The number of rotatable bonds is 3. The van der Waals surface area contributed by atoms with E-state index >= 15 is 0 Å². The van der Waals surface area contributed by atoms with Crippen LogP contribution < -0.4 is 11.3 Å². The molecule has 1 saturated heterocycles. The molecule has 0 saturated carbocycles. The average Bonchev–Trinajstić information content (AvgIpc) is 2.64. The largest absolute Gasteiger partial charge is 0.381 e. The molecule has 2 rings (SSSR count). The van der Waals surface area contributed by atoms with Crippen molar-refractivity contribution >= 4 is 22.9 Å². The first kappa shape index (κ1) is 12.3. The van der Waals surface area contributed by atoms with Crippen LogP contribution in [0.1, 0.15) is 29.3 Å². The highest BCUT2D eigenvalue weighted by atomic mass is 35.5. The molecule has 1 aliphatic rings. The lowest BCUT2D eigenvalue weighted by Crippen LogP contribution is -2.35. The number of hydrazine groups is 1. The van der Waals surface area contributed by atoms with Crippen LogP contribution in [0.5, 0.6) is 0 Å². The Morgan fingerprint density at radius 3 is 2.75 bits per heavy atom. The Morgan fingerprint density at radius 1 is 1.56 bits per heavy atom. The zero-order valence-corrected chi connectivity index (χ0v) is 10.9. The van der Waals surface area contributed by atoms with E-state index in [1.165, 1.54) is 0 Å². The van der Waals surface area contributed by atoms with E-state index in [0.29, 0.717) is 5.92 Å². The summed E-state index contributed by atoms with van der Waals surface area (Å²) in [7, 11) is 0. The number of hydrogen-bond donors (Lipinski definition) is 2. The van der Waals surface area contributed by atoms with Crippen LogP contribution in [0.4, 0.5) is 0 Å². The fourth-order valence-electron chi connectivity index (χ4n) is 2.13. The van der Waals surface area contributed by atoms with Crippen LogP contribution in [0.3, 0.4) is 0 Å². The lowest BCUT2D eigenvalue weighted by atomic mass is 9.91. The third-order valence-corrected chi connectivity index (χ3v) is 4.92. The summed E-state index contributed by atoms with van der Waals surface area (Å²) in [6.45, 7) is 3.68. The van der Waals surface area contributed by atoms with Gasteiger partial charge in [-0.05, 0) is 36.6 Å². The number of thiophene rings is 1. The lowest BCUT2D eigenvalue weighted by Gasteiger charge is -2.29. The highest BCUT2D eigenvalue weighted by Gasteiger charge is 2.27. The van der Waals surface area contributed by atoms with Crippen LogP contribution in [0.15, 0.2) is 5.38 Å². The van der Waals surface area contributed by atoms with Gasteiger partial charge in [0.1, 0.15) is 0 Å². The Labute approximate surface area is 105 Å². The monoisotopic (exact) mass is 260 g/mol. The van der Waals surface area contributed by atoms with Gasteiger partial charge in [0.25, 0.3) is 0 Å². The van der Waals surface area contributed by atoms with Gasteiger partial charge in [0.2, 0.25) is 0 Å². The van der Waals surface area contributed by atoms with E-state index in [1.54, 1.807) is 11.3 Å². The molecule has 1 atom stereocenters. The minimum absolute atomic E-state index is 0.162. The smallest absolute Gasteiger partial charge is 0.0598 e. The summed E-state index contributed by atoms with van der Waals surface area (Å²) in [5.41, 5.74) is 4.05. The highest BCUT2D eigenvalue weighted by molar-refractivity contribution is 7.10.